The first-order chi connectivity index (χ1) is 6.29. The summed E-state index contributed by atoms with van der Waals surface area (Å²) >= 11 is 0. The average Bonchev–Trinajstić information content (AvgIpc) is 2.01. The zero-order valence-electron chi connectivity index (χ0n) is 9.15. The zero-order chi connectivity index (χ0) is 11.4. The van der Waals surface area contributed by atoms with Crippen LogP contribution in [0.1, 0.15) is 26.7 Å². The first kappa shape index (κ1) is 18.1. The normalized spacial score (nSPS) is 12.5. The molecule has 0 bridgehead atoms. The number of rotatable bonds is 5. The number of esters is 1. The maximum Gasteiger partial charge on any atom is 1.00 e. The summed E-state index contributed by atoms with van der Waals surface area (Å²) in [5.74, 6) is -0.858. The standard InChI is InChI=1S/C8H14O5S.K/c1-4-5-7(14(10,11)12)13-8(9)6(2)3;/h7H,2,4-5H2,1,3H3,(H,10,11,12);/q;+1/p-1. The van der Waals surface area contributed by atoms with Crippen LogP contribution < -0.4 is 51.4 Å². The van der Waals surface area contributed by atoms with Crippen molar-refractivity contribution in [3.8, 4) is 0 Å². The molecule has 7 heteroatoms. The molecule has 0 aliphatic rings. The van der Waals surface area contributed by atoms with Crippen LogP contribution in [0.5, 0.6) is 0 Å². The number of hydrogen-bond acceptors (Lipinski definition) is 5. The summed E-state index contributed by atoms with van der Waals surface area (Å²) in [7, 11) is -4.59. The molecule has 1 unspecified atom stereocenters. The van der Waals surface area contributed by atoms with Crippen molar-refractivity contribution >= 4 is 16.1 Å². The fourth-order valence-corrected chi connectivity index (χ4v) is 1.45. The van der Waals surface area contributed by atoms with Crippen molar-refractivity contribution in [3.05, 3.63) is 12.2 Å². The SMILES string of the molecule is C=C(C)C(=O)OC(CCC)S(=O)(=O)[O-].[K+]. The van der Waals surface area contributed by atoms with Crippen molar-refractivity contribution in [2.45, 2.75) is 32.1 Å². The van der Waals surface area contributed by atoms with Gasteiger partial charge in [-0.25, -0.2) is 13.2 Å². The van der Waals surface area contributed by atoms with Gasteiger partial charge >= 0.3 is 57.4 Å². The molecule has 0 amide bonds. The van der Waals surface area contributed by atoms with Crippen LogP contribution in [0.4, 0.5) is 0 Å². The van der Waals surface area contributed by atoms with E-state index in [1.807, 2.05) is 0 Å². The molecule has 5 nitrogen and oxygen atoms in total. The van der Waals surface area contributed by atoms with Crippen LogP contribution in [-0.4, -0.2) is 24.4 Å². The molecule has 0 rings (SSSR count). The molecular weight excluding hydrogens is 247 g/mol. The average molecular weight is 260 g/mol. The topological polar surface area (TPSA) is 83.5 Å². The van der Waals surface area contributed by atoms with Crippen molar-refractivity contribution in [1.29, 1.82) is 0 Å². The Morgan fingerprint density at radius 3 is 2.27 bits per heavy atom. The summed E-state index contributed by atoms with van der Waals surface area (Å²) in [6, 6.07) is 0. The quantitative estimate of drug-likeness (QED) is 0.242. The van der Waals surface area contributed by atoms with E-state index in [4.69, 9.17) is 0 Å². The summed E-state index contributed by atoms with van der Waals surface area (Å²) in [5, 5.41) is 0. The van der Waals surface area contributed by atoms with E-state index in [1.54, 1.807) is 6.92 Å². The van der Waals surface area contributed by atoms with E-state index in [2.05, 4.69) is 11.3 Å². The van der Waals surface area contributed by atoms with Gasteiger partial charge in [0, 0.05) is 5.57 Å². The molecule has 0 N–H and O–H groups in total. The largest absolute Gasteiger partial charge is 1.00 e. The van der Waals surface area contributed by atoms with E-state index in [9.17, 15) is 17.8 Å². The van der Waals surface area contributed by atoms with E-state index in [0.717, 1.165) is 0 Å². The minimum absolute atomic E-state index is 0. The maximum absolute atomic E-state index is 10.9. The summed E-state index contributed by atoms with van der Waals surface area (Å²) in [5.41, 5.74) is -1.54. The molecule has 0 aromatic carbocycles. The second-order valence-electron chi connectivity index (χ2n) is 2.90. The second-order valence-corrected chi connectivity index (χ2v) is 4.41. The third kappa shape index (κ3) is 7.62. The van der Waals surface area contributed by atoms with Crippen molar-refractivity contribution in [3.63, 3.8) is 0 Å². The van der Waals surface area contributed by atoms with Crippen LogP contribution in [0.2, 0.25) is 0 Å². The van der Waals surface area contributed by atoms with Gasteiger partial charge in [0.25, 0.3) is 0 Å². The van der Waals surface area contributed by atoms with Crippen LogP contribution in [-0.2, 0) is 19.6 Å². The second kappa shape index (κ2) is 7.94. The third-order valence-corrected chi connectivity index (χ3v) is 2.41. The molecule has 0 fully saturated rings. The van der Waals surface area contributed by atoms with Crippen LogP contribution in [0.3, 0.4) is 0 Å². The minimum Gasteiger partial charge on any atom is -0.745 e. The Hall–Kier alpha value is 0.756. The molecule has 0 aliphatic carbocycles. The van der Waals surface area contributed by atoms with Gasteiger partial charge in [-0.3, -0.25) is 0 Å². The van der Waals surface area contributed by atoms with Crippen molar-refractivity contribution in [1.82, 2.24) is 0 Å². The predicted molar refractivity (Wildman–Crippen MR) is 49.3 cm³/mol. The number of ether oxygens (including phenoxy) is 1. The molecule has 0 heterocycles. The smallest absolute Gasteiger partial charge is 0.745 e. The summed E-state index contributed by atoms with van der Waals surface area (Å²) < 4.78 is 36.3. The number of carbonyl (C=O) groups excluding carboxylic acids is 1. The van der Waals surface area contributed by atoms with Crippen molar-refractivity contribution in [2.24, 2.45) is 0 Å². The molecule has 0 spiro atoms. The Morgan fingerprint density at radius 2 is 2.00 bits per heavy atom. The molecule has 0 aromatic rings. The van der Waals surface area contributed by atoms with Crippen LogP contribution >= 0.6 is 0 Å². The van der Waals surface area contributed by atoms with Gasteiger partial charge in [0.2, 0.25) is 0 Å². The molecular formula is C8H13KO5S. The predicted octanol–water partition coefficient (Wildman–Crippen LogP) is -2.22. The monoisotopic (exact) mass is 260 g/mol. The number of hydrogen-bond donors (Lipinski definition) is 0. The summed E-state index contributed by atoms with van der Waals surface area (Å²) in [6.07, 6.45) is 0.445. The van der Waals surface area contributed by atoms with Crippen LogP contribution in [0.25, 0.3) is 0 Å². The molecule has 0 aromatic heterocycles. The van der Waals surface area contributed by atoms with Crippen LogP contribution in [0, 0.1) is 0 Å². The van der Waals surface area contributed by atoms with Crippen LogP contribution in [0.15, 0.2) is 12.2 Å². The number of carbonyl (C=O) groups is 1. The van der Waals surface area contributed by atoms with Gasteiger partial charge < -0.3 is 9.29 Å². The molecule has 0 aliphatic heterocycles. The van der Waals surface area contributed by atoms with E-state index in [0.29, 0.717) is 6.42 Å². The zero-order valence-corrected chi connectivity index (χ0v) is 13.1. The summed E-state index contributed by atoms with van der Waals surface area (Å²) in [6.45, 7) is 6.34. The Balaban J connectivity index is 0. The fourth-order valence-electron chi connectivity index (χ4n) is 0.718. The van der Waals surface area contributed by atoms with E-state index < -0.39 is 21.5 Å². The van der Waals surface area contributed by atoms with Gasteiger partial charge in [-0.1, -0.05) is 19.9 Å². The van der Waals surface area contributed by atoms with Crippen molar-refractivity contribution < 1.29 is 73.9 Å². The Kier molecular flexibility index (Phi) is 9.59. The Bertz CT molecular complexity index is 322. The Morgan fingerprint density at radius 1 is 1.53 bits per heavy atom. The first-order valence-corrected chi connectivity index (χ1v) is 5.57. The molecule has 1 atom stereocenters. The van der Waals surface area contributed by atoms with E-state index in [1.165, 1.54) is 6.92 Å². The molecule has 15 heavy (non-hydrogen) atoms. The van der Waals surface area contributed by atoms with Gasteiger partial charge in [0.05, 0.1) is 0 Å². The van der Waals surface area contributed by atoms with Gasteiger partial charge in [0.15, 0.2) is 5.44 Å². The van der Waals surface area contributed by atoms with E-state index in [-0.39, 0.29) is 63.4 Å². The molecule has 0 saturated heterocycles. The van der Waals surface area contributed by atoms with Gasteiger partial charge in [-0.15, -0.1) is 0 Å². The third-order valence-electron chi connectivity index (χ3n) is 1.43. The Labute approximate surface area is 132 Å². The van der Waals surface area contributed by atoms with Gasteiger partial charge in [0.1, 0.15) is 10.1 Å². The summed E-state index contributed by atoms with van der Waals surface area (Å²) in [4.78, 5) is 10.9. The molecule has 82 valence electrons. The maximum atomic E-state index is 10.9. The van der Waals surface area contributed by atoms with Gasteiger partial charge in [-0.05, 0) is 13.3 Å². The molecule has 0 radical (unpaired) electrons. The van der Waals surface area contributed by atoms with Gasteiger partial charge in [-0.2, -0.15) is 0 Å². The fraction of sp³-hybridized carbons (Fsp3) is 0.625. The minimum atomic E-state index is -4.59. The van der Waals surface area contributed by atoms with Crippen molar-refractivity contribution in [2.75, 3.05) is 0 Å². The van der Waals surface area contributed by atoms with E-state index >= 15 is 0 Å². The first-order valence-electron chi connectivity index (χ1n) is 4.10. The molecule has 0 saturated carbocycles.